The number of aromatic nitrogens is 2. The molecule has 1 N–H and O–H groups in total. The van der Waals surface area contributed by atoms with Crippen LogP contribution in [0.15, 0.2) is 24.9 Å². The van der Waals surface area contributed by atoms with E-state index in [2.05, 4.69) is 40.6 Å². The minimum Gasteiger partial charge on any atom is -0.366 e. The van der Waals surface area contributed by atoms with Gasteiger partial charge >= 0.3 is 0 Å². The third-order valence-corrected chi connectivity index (χ3v) is 2.34. The summed E-state index contributed by atoms with van der Waals surface area (Å²) in [6.07, 6.45) is 5.82. The third kappa shape index (κ3) is 4.43. The summed E-state index contributed by atoms with van der Waals surface area (Å²) >= 11 is 0. The molecule has 0 saturated carbocycles. The van der Waals surface area contributed by atoms with Gasteiger partial charge in [0.1, 0.15) is 5.82 Å². The van der Waals surface area contributed by atoms with Gasteiger partial charge in [0.05, 0.1) is 0 Å². The van der Waals surface area contributed by atoms with Crippen LogP contribution in [0.25, 0.3) is 0 Å². The molecule has 0 aliphatic rings. The van der Waals surface area contributed by atoms with Crippen LogP contribution in [0.2, 0.25) is 0 Å². The normalized spacial score (nSPS) is 10.0. The second-order valence-electron chi connectivity index (χ2n) is 3.90. The maximum absolute atomic E-state index is 4.50. The van der Waals surface area contributed by atoms with Gasteiger partial charge in [-0.2, -0.15) is 4.98 Å². The lowest BCUT2D eigenvalue weighted by molar-refractivity contribution is 0.721. The molecule has 4 heteroatoms. The maximum Gasteiger partial charge on any atom is 0.227 e. The van der Waals surface area contributed by atoms with E-state index in [4.69, 9.17) is 0 Å². The average Bonchev–Trinajstić information content (AvgIpc) is 2.36. The Hall–Kier alpha value is -1.58. The summed E-state index contributed by atoms with van der Waals surface area (Å²) in [5.74, 6) is 1.66. The molecule has 1 rings (SSSR count). The minimum atomic E-state index is 0.720. The molecular formula is C13H22N4. The lowest BCUT2D eigenvalue weighted by atomic mass is 10.4. The summed E-state index contributed by atoms with van der Waals surface area (Å²) in [4.78, 5) is 11.1. The van der Waals surface area contributed by atoms with Gasteiger partial charge in [-0.1, -0.05) is 19.9 Å². The number of nitrogens with one attached hydrogen (secondary N) is 1. The second kappa shape index (κ2) is 7.65. The Balaban J connectivity index is 2.75. The number of rotatable bonds is 8. The van der Waals surface area contributed by atoms with E-state index in [1.54, 1.807) is 6.20 Å². The molecule has 0 spiro atoms. The van der Waals surface area contributed by atoms with E-state index in [9.17, 15) is 0 Å². The minimum absolute atomic E-state index is 0.720. The molecule has 0 aliphatic heterocycles. The summed E-state index contributed by atoms with van der Waals surface area (Å²) in [6.45, 7) is 10.7. The third-order valence-electron chi connectivity index (χ3n) is 2.34. The zero-order chi connectivity index (χ0) is 12.5. The van der Waals surface area contributed by atoms with Crippen LogP contribution in [0.4, 0.5) is 11.8 Å². The molecule has 0 unspecified atom stereocenters. The van der Waals surface area contributed by atoms with Gasteiger partial charge in [-0.05, 0) is 18.9 Å². The Bertz CT molecular complexity index is 332. The topological polar surface area (TPSA) is 41.1 Å². The molecule has 0 aromatic carbocycles. The highest BCUT2D eigenvalue weighted by Gasteiger charge is 2.07. The molecule has 0 saturated heterocycles. The Morgan fingerprint density at radius 3 is 2.65 bits per heavy atom. The van der Waals surface area contributed by atoms with E-state index in [0.717, 1.165) is 44.2 Å². The molecule has 0 bridgehead atoms. The lowest BCUT2D eigenvalue weighted by Gasteiger charge is -2.21. The van der Waals surface area contributed by atoms with Gasteiger partial charge in [0.15, 0.2) is 0 Å². The van der Waals surface area contributed by atoms with Crippen LogP contribution in [0.1, 0.15) is 26.7 Å². The van der Waals surface area contributed by atoms with E-state index in [-0.39, 0.29) is 0 Å². The van der Waals surface area contributed by atoms with Crippen LogP contribution in [-0.4, -0.2) is 29.6 Å². The second-order valence-corrected chi connectivity index (χ2v) is 3.90. The zero-order valence-corrected chi connectivity index (χ0v) is 10.8. The van der Waals surface area contributed by atoms with Crippen molar-refractivity contribution >= 4 is 11.8 Å². The molecule has 94 valence electrons. The van der Waals surface area contributed by atoms with Crippen LogP contribution >= 0.6 is 0 Å². The van der Waals surface area contributed by atoms with Gasteiger partial charge in [0, 0.05) is 25.8 Å². The average molecular weight is 234 g/mol. The quantitative estimate of drug-likeness (QED) is 0.702. The Morgan fingerprint density at radius 2 is 2.06 bits per heavy atom. The van der Waals surface area contributed by atoms with Gasteiger partial charge in [0.25, 0.3) is 0 Å². The van der Waals surface area contributed by atoms with E-state index >= 15 is 0 Å². The highest BCUT2D eigenvalue weighted by atomic mass is 15.3. The first-order valence-electron chi connectivity index (χ1n) is 6.24. The molecule has 0 amide bonds. The Kier molecular flexibility index (Phi) is 6.07. The first kappa shape index (κ1) is 13.5. The molecule has 0 radical (unpaired) electrons. The number of hydrogen-bond acceptors (Lipinski definition) is 4. The molecule has 1 heterocycles. The Labute approximate surface area is 104 Å². The molecule has 0 aliphatic carbocycles. The molecule has 1 aromatic heterocycles. The molecule has 0 fully saturated rings. The van der Waals surface area contributed by atoms with E-state index in [1.807, 2.05) is 12.1 Å². The van der Waals surface area contributed by atoms with Crippen LogP contribution in [-0.2, 0) is 0 Å². The molecular weight excluding hydrogens is 212 g/mol. The summed E-state index contributed by atoms with van der Waals surface area (Å²) in [5.41, 5.74) is 0. The smallest absolute Gasteiger partial charge is 0.227 e. The highest BCUT2D eigenvalue weighted by Crippen LogP contribution is 2.11. The fourth-order valence-electron chi connectivity index (χ4n) is 1.63. The van der Waals surface area contributed by atoms with Crippen LogP contribution in [0.5, 0.6) is 0 Å². The summed E-state index contributed by atoms with van der Waals surface area (Å²) < 4.78 is 0. The maximum atomic E-state index is 4.50. The first-order valence-corrected chi connectivity index (χ1v) is 6.24. The molecule has 1 aromatic rings. The van der Waals surface area contributed by atoms with Gasteiger partial charge in [-0.3, -0.25) is 0 Å². The van der Waals surface area contributed by atoms with Crippen molar-refractivity contribution in [3.8, 4) is 0 Å². The van der Waals surface area contributed by atoms with E-state index in [1.165, 1.54) is 0 Å². The van der Waals surface area contributed by atoms with Gasteiger partial charge in [-0.15, -0.1) is 6.58 Å². The predicted octanol–water partition coefficient (Wildman–Crippen LogP) is 2.70. The van der Waals surface area contributed by atoms with Crippen molar-refractivity contribution in [3.05, 3.63) is 24.9 Å². The number of anilines is 2. The first-order chi connectivity index (χ1) is 8.31. The SMILES string of the molecule is C=CCNc1ccnc(N(CCC)CCC)n1. The van der Waals surface area contributed by atoms with Crippen molar-refractivity contribution in [2.45, 2.75) is 26.7 Å². The molecule has 0 atom stereocenters. The summed E-state index contributed by atoms with van der Waals surface area (Å²) in [6, 6.07) is 1.88. The van der Waals surface area contributed by atoms with Crippen molar-refractivity contribution in [1.82, 2.24) is 9.97 Å². The van der Waals surface area contributed by atoms with Gasteiger partial charge in [-0.25, -0.2) is 4.98 Å². The van der Waals surface area contributed by atoms with Crippen molar-refractivity contribution < 1.29 is 0 Å². The van der Waals surface area contributed by atoms with Crippen molar-refractivity contribution in [2.75, 3.05) is 29.9 Å². The summed E-state index contributed by atoms with van der Waals surface area (Å²) in [5, 5.41) is 3.18. The number of nitrogens with zero attached hydrogens (tertiary/aromatic N) is 3. The zero-order valence-electron chi connectivity index (χ0n) is 10.8. The summed E-state index contributed by atoms with van der Waals surface area (Å²) in [7, 11) is 0. The van der Waals surface area contributed by atoms with Gasteiger partial charge < -0.3 is 10.2 Å². The Morgan fingerprint density at radius 1 is 1.35 bits per heavy atom. The predicted molar refractivity (Wildman–Crippen MR) is 73.5 cm³/mol. The fraction of sp³-hybridized carbons (Fsp3) is 0.538. The van der Waals surface area contributed by atoms with Crippen molar-refractivity contribution in [2.24, 2.45) is 0 Å². The fourth-order valence-corrected chi connectivity index (χ4v) is 1.63. The number of hydrogen-bond donors (Lipinski definition) is 1. The largest absolute Gasteiger partial charge is 0.366 e. The van der Waals surface area contributed by atoms with Crippen molar-refractivity contribution in [1.29, 1.82) is 0 Å². The van der Waals surface area contributed by atoms with Crippen LogP contribution < -0.4 is 10.2 Å². The molecule has 17 heavy (non-hydrogen) atoms. The lowest BCUT2D eigenvalue weighted by Crippen LogP contribution is -2.27. The van der Waals surface area contributed by atoms with Gasteiger partial charge in [0.2, 0.25) is 5.95 Å². The van der Waals surface area contributed by atoms with Crippen molar-refractivity contribution in [3.63, 3.8) is 0 Å². The van der Waals surface area contributed by atoms with Crippen LogP contribution in [0.3, 0.4) is 0 Å². The van der Waals surface area contributed by atoms with Crippen LogP contribution in [0, 0.1) is 0 Å². The standard InChI is InChI=1S/C13H22N4/c1-4-8-14-12-7-9-15-13(16-12)17(10-5-2)11-6-3/h4,7,9H,1,5-6,8,10-11H2,2-3H3,(H,14,15,16). The monoisotopic (exact) mass is 234 g/mol. The molecule has 4 nitrogen and oxygen atoms in total. The highest BCUT2D eigenvalue weighted by molar-refractivity contribution is 5.41. The van der Waals surface area contributed by atoms with E-state index < -0.39 is 0 Å². The van der Waals surface area contributed by atoms with E-state index in [0.29, 0.717) is 0 Å².